The number of benzene rings is 15. The molecule has 0 aromatic heterocycles. The molecular weight excluding hydrogens is 1780 g/mol. The number of nitrogens with zero attached hydrogens (tertiary/aromatic N) is 3. The van der Waals surface area contributed by atoms with E-state index in [4.69, 9.17) is 19.3 Å². The second kappa shape index (κ2) is 60.9. The average molecular weight is 1920 g/mol. The summed E-state index contributed by atoms with van der Waals surface area (Å²) in [4.78, 5) is 6.85. The monoisotopic (exact) mass is 1910 g/mol. The molecule has 0 saturated carbocycles. The number of hydrogen-bond donors (Lipinski definition) is 3. The van der Waals surface area contributed by atoms with Crippen LogP contribution < -0.4 is 79.5 Å². The Morgan fingerprint density at radius 2 is 0.493 bits per heavy atom. The van der Waals surface area contributed by atoms with Crippen molar-refractivity contribution in [3.05, 3.63) is 430 Å². The van der Waals surface area contributed by atoms with Crippen molar-refractivity contribution in [2.24, 2.45) is 17.8 Å². The molecule has 0 aliphatic rings. The van der Waals surface area contributed by atoms with Crippen molar-refractivity contribution in [1.82, 2.24) is 0 Å². The first-order valence-corrected chi connectivity index (χ1v) is 49.0. The Morgan fingerprint density at radius 1 is 0.284 bits per heavy atom. The fourth-order valence-electron chi connectivity index (χ4n) is 15.1. The van der Waals surface area contributed by atoms with E-state index in [0.29, 0.717) is 17.8 Å². The number of nitrogens with one attached hydrogen (secondary N) is 3. The molecule has 15 rings (SSSR count). The van der Waals surface area contributed by atoms with Gasteiger partial charge in [0.25, 0.3) is 0 Å². The van der Waals surface area contributed by atoms with Gasteiger partial charge < -0.3 is 50.0 Å². The van der Waals surface area contributed by atoms with Crippen molar-refractivity contribution in [1.29, 1.82) is 0 Å². The molecule has 134 heavy (non-hydrogen) atoms. The van der Waals surface area contributed by atoms with Crippen molar-refractivity contribution in [2.45, 2.75) is 119 Å². The Labute approximate surface area is 839 Å². The summed E-state index contributed by atoms with van der Waals surface area (Å²) < 4.78 is 19.3. The van der Waals surface area contributed by atoms with Crippen molar-refractivity contribution in [3.63, 3.8) is 0 Å². The zero-order valence-electron chi connectivity index (χ0n) is 79.7. The SMILES string of the molecule is C=CCBr.C=CCN(c1ccccc1)c1ccc(-c2ccc(N(c3ccccc3)c3ccc(OCC(CC)CCCC)cc3)cc2)cc1.CCCCC(CC)COc1ccc(Br)cc1.CCCCC(CC)COc1ccc(N(c2ccccc2)c2ccc(-c3ccc(Nc4ccccc4)cc3)cc2)cc1.C[O-].[Na+].c1ccc(Nc2ccc(-c3ccc(Nc4ccccc4)cc3)cc2)cc1. The number of alkyl halides is 1. The third-order valence-corrected chi connectivity index (χ3v) is 23.9. The number of para-hydroxylation sites is 6. The van der Waals surface area contributed by atoms with Gasteiger partial charge in [0.1, 0.15) is 17.2 Å². The number of hydrogen-bond acceptors (Lipinski definition) is 10. The van der Waals surface area contributed by atoms with Gasteiger partial charge in [-0.3, -0.25) is 0 Å². The normalized spacial score (nSPS) is 11.0. The van der Waals surface area contributed by atoms with E-state index in [0.717, 1.165) is 153 Å². The molecule has 0 amide bonds. The van der Waals surface area contributed by atoms with Crippen LogP contribution in [0.4, 0.5) is 79.6 Å². The quantitative estimate of drug-likeness (QED) is 0.0195. The molecule has 0 aliphatic heterocycles. The van der Waals surface area contributed by atoms with Crippen LogP contribution in [-0.4, -0.2) is 38.8 Å². The van der Waals surface area contributed by atoms with Crippen LogP contribution in [-0.2, 0) is 0 Å². The first kappa shape index (κ1) is 106. The fraction of sp³-hybridized carbons (Fsp3) is 0.223. The predicted molar refractivity (Wildman–Crippen MR) is 578 cm³/mol. The van der Waals surface area contributed by atoms with Crippen molar-refractivity contribution >= 4 is 111 Å². The summed E-state index contributed by atoms with van der Waals surface area (Å²) >= 11 is 6.55. The molecule has 0 aliphatic carbocycles. The molecule has 3 unspecified atom stereocenters. The average Bonchev–Trinajstić information content (AvgIpc) is 0.803. The van der Waals surface area contributed by atoms with Crippen LogP contribution >= 0.6 is 31.9 Å². The summed E-state index contributed by atoms with van der Waals surface area (Å²) in [5.74, 6) is 4.75. The molecule has 10 nitrogen and oxygen atoms in total. The van der Waals surface area contributed by atoms with Gasteiger partial charge in [0.15, 0.2) is 0 Å². The molecule has 686 valence electrons. The Morgan fingerprint density at radius 3 is 0.739 bits per heavy atom. The van der Waals surface area contributed by atoms with E-state index in [-0.39, 0.29) is 29.6 Å². The minimum atomic E-state index is 0. The molecule has 15 aromatic carbocycles. The number of unbranched alkanes of at least 4 members (excludes halogenated alkanes) is 3. The van der Waals surface area contributed by atoms with Crippen LogP contribution in [0.2, 0.25) is 0 Å². The van der Waals surface area contributed by atoms with Crippen molar-refractivity contribution in [2.75, 3.05) is 69.5 Å². The fourth-order valence-corrected chi connectivity index (χ4v) is 15.4. The molecule has 3 N–H and O–H groups in total. The van der Waals surface area contributed by atoms with E-state index in [1.54, 1.807) is 6.08 Å². The van der Waals surface area contributed by atoms with E-state index in [1.807, 2.05) is 91.0 Å². The summed E-state index contributed by atoms with van der Waals surface area (Å²) in [6, 6.07) is 139. The maximum absolute atomic E-state index is 8.25. The second-order valence-corrected chi connectivity index (χ2v) is 34.1. The van der Waals surface area contributed by atoms with Crippen LogP contribution in [0.5, 0.6) is 17.2 Å². The van der Waals surface area contributed by atoms with Gasteiger partial charge in [-0.15, -0.1) is 13.2 Å². The van der Waals surface area contributed by atoms with Gasteiger partial charge in [-0.05, 0) is 289 Å². The Balaban J connectivity index is 0.000000206. The maximum atomic E-state index is 8.25. The minimum Gasteiger partial charge on any atom is -0.857 e. The molecule has 0 spiro atoms. The standard InChI is InChI=1S/C41H44N2O.C38H40N2O.C24H20N2.C14H21BrO.C3H5Br.CH3O.Na/c1-4-7-14-33(6-3)32-44-41-29-27-40(28-30-41)43(38-17-12-9-13-18-38)39-25-21-35(22-26-39)34-19-23-37(24-20-34)42(31-5-2)36-15-10-8-11-16-36;1-3-5-12-30(4-2)29-41-38-27-25-37(26-28-38)40(35-15-10-7-11-16-35)36-23-19-32(20-24-36)31-17-21-34(22-18-31)39-33-13-8-6-9-14-33;1-3-7-21(8-4-1)25-23-15-11-19(12-16-23)20-13-17-24(18-14-20)26-22-9-5-2-6-10-22;1-3-5-6-12(4-2)11-16-14-9-7-13(15)8-10-14;1-2-3-4;1-2;/h5,8-13,15-30,33H,2,4,6-7,14,31-32H2,1,3H3;6-11,13-28,30,39H,3-5,12,29H2,1-2H3;1-18,25-26H;7-10,12H,3-6,11H2,1-2H3;2H,1,3H2;1H3;/q;;;;;-1;+1. The molecule has 15 aromatic rings. The van der Waals surface area contributed by atoms with Gasteiger partial charge in [-0.2, -0.15) is 7.11 Å². The van der Waals surface area contributed by atoms with Crippen molar-refractivity contribution in [3.8, 4) is 50.6 Å². The van der Waals surface area contributed by atoms with E-state index < -0.39 is 0 Å². The van der Waals surface area contributed by atoms with Gasteiger partial charge >= 0.3 is 29.6 Å². The van der Waals surface area contributed by atoms with Crippen molar-refractivity contribution < 1.29 is 48.9 Å². The van der Waals surface area contributed by atoms with Crippen LogP contribution in [0, 0.1) is 17.8 Å². The number of rotatable bonds is 41. The number of anilines is 14. The van der Waals surface area contributed by atoms with E-state index in [2.05, 4.69) is 433 Å². The minimum absolute atomic E-state index is 0. The van der Waals surface area contributed by atoms with E-state index >= 15 is 0 Å². The summed E-state index contributed by atoms with van der Waals surface area (Å²) in [6.45, 7) is 24.0. The Kier molecular flexibility index (Phi) is 48.0. The number of ether oxygens (including phenoxy) is 3. The molecule has 0 saturated heterocycles. The van der Waals surface area contributed by atoms with E-state index in [9.17, 15) is 0 Å². The Hall–Kier alpha value is -12.1. The predicted octanol–water partition coefficient (Wildman–Crippen LogP) is 32.3. The summed E-state index contributed by atoms with van der Waals surface area (Å²) in [7, 11) is 0.750. The van der Waals surface area contributed by atoms with Gasteiger partial charge in [-0.25, -0.2) is 0 Å². The molecule has 0 bridgehead atoms. The molecule has 13 heteroatoms. The smallest absolute Gasteiger partial charge is 0.857 e. The molecule has 0 radical (unpaired) electrons. The third-order valence-electron chi connectivity index (χ3n) is 22.9. The molecule has 0 heterocycles. The number of halogens is 2. The van der Waals surface area contributed by atoms with Gasteiger partial charge in [0.05, 0.1) is 19.8 Å². The second-order valence-electron chi connectivity index (χ2n) is 32.5. The largest absolute Gasteiger partial charge is 1.00 e. The molecule has 3 atom stereocenters. The first-order valence-electron chi connectivity index (χ1n) is 47.1. The molecular formula is C121H133Br2N6NaO4. The van der Waals surface area contributed by atoms with E-state index in [1.165, 1.54) is 97.6 Å². The third kappa shape index (κ3) is 35.4. The topological polar surface area (TPSA) is 96.6 Å². The van der Waals surface area contributed by atoms with Gasteiger partial charge in [0.2, 0.25) is 0 Å². The zero-order valence-corrected chi connectivity index (χ0v) is 84.8. The summed E-state index contributed by atoms with van der Waals surface area (Å²) in [6.07, 6.45) is 18.6. The Bertz CT molecular complexity index is 5540. The van der Waals surface area contributed by atoms with Crippen LogP contribution in [0.3, 0.4) is 0 Å². The van der Waals surface area contributed by atoms with Crippen LogP contribution in [0.25, 0.3) is 33.4 Å². The zero-order chi connectivity index (χ0) is 93.7. The van der Waals surface area contributed by atoms with Crippen LogP contribution in [0.1, 0.15) is 119 Å². The summed E-state index contributed by atoms with van der Waals surface area (Å²) in [5, 5.41) is 19.4. The first-order chi connectivity index (χ1) is 65.5. The molecule has 0 fully saturated rings. The summed E-state index contributed by atoms with van der Waals surface area (Å²) in [5.41, 5.74) is 22.6. The van der Waals surface area contributed by atoms with Crippen LogP contribution in [0.15, 0.2) is 430 Å². The van der Waals surface area contributed by atoms with Gasteiger partial charge in [-0.1, -0.05) is 325 Å². The number of allylic oxidation sites excluding steroid dienone is 1. The maximum Gasteiger partial charge on any atom is 1.00 e. The van der Waals surface area contributed by atoms with Gasteiger partial charge in [0, 0.05) is 96.0 Å².